The predicted octanol–water partition coefficient (Wildman–Crippen LogP) is 4.24. The zero-order valence-electron chi connectivity index (χ0n) is 23.8. The van der Waals surface area contributed by atoms with Crippen LogP contribution >= 0.6 is 0 Å². The first-order valence-electron chi connectivity index (χ1n) is 12.7. The van der Waals surface area contributed by atoms with Gasteiger partial charge >= 0.3 is 6.09 Å². The lowest BCUT2D eigenvalue weighted by atomic mass is 10.1. The van der Waals surface area contributed by atoms with Gasteiger partial charge in [-0.25, -0.2) is 13.2 Å². The zero-order chi connectivity index (χ0) is 30.7. The van der Waals surface area contributed by atoms with Gasteiger partial charge in [0.05, 0.1) is 11.5 Å². The van der Waals surface area contributed by atoms with Crippen LogP contribution in [0.3, 0.4) is 0 Å². The summed E-state index contributed by atoms with van der Waals surface area (Å²) in [6.07, 6.45) is 21.8. The number of primary amides is 1. The Hall–Kier alpha value is -3.53. The van der Waals surface area contributed by atoms with Crippen molar-refractivity contribution in [2.24, 2.45) is 11.5 Å². The summed E-state index contributed by atoms with van der Waals surface area (Å²) in [5, 5.41) is 0. The summed E-state index contributed by atoms with van der Waals surface area (Å²) in [4.78, 5) is 24.3. The average Bonchev–Trinajstić information content (AvgIpc) is 2.94. The molecule has 0 unspecified atom stereocenters. The molecule has 0 heterocycles. The second-order valence-corrected chi connectivity index (χ2v) is 10.5. The van der Waals surface area contributed by atoms with Crippen LogP contribution in [-0.4, -0.2) is 56.5 Å². The van der Waals surface area contributed by atoms with E-state index in [1.165, 1.54) is 5.56 Å². The molecule has 1 rings (SSSR count). The number of allylic oxidation sites excluding steroid dienone is 2. The third-order valence-corrected chi connectivity index (χ3v) is 6.78. The molecule has 0 saturated carbocycles. The molecule has 2 amide bonds. The Balaban J connectivity index is -0.000000774. The Morgan fingerprint density at radius 1 is 1.08 bits per heavy atom. The minimum atomic E-state index is -3.15. The summed E-state index contributed by atoms with van der Waals surface area (Å²) >= 11 is 0. The molecule has 0 radical (unpaired) electrons. The molecule has 9 heteroatoms. The molecule has 0 bridgehead atoms. The minimum absolute atomic E-state index is 0.0457. The minimum Gasteiger partial charge on any atom is -0.445 e. The number of carbonyl (C=O) groups excluding carboxylic acids is 2. The van der Waals surface area contributed by atoms with Crippen molar-refractivity contribution in [1.82, 2.24) is 4.90 Å². The van der Waals surface area contributed by atoms with Crippen molar-refractivity contribution in [3.63, 3.8) is 0 Å². The number of aryl methyl sites for hydroxylation is 1. The molecule has 0 aliphatic rings. The first kappa shape index (κ1) is 40.0. The fraction of sp³-hybridized carbons (Fsp3) is 0.467. The van der Waals surface area contributed by atoms with E-state index < -0.39 is 15.9 Å². The molecular weight excluding hydrogens is 514 g/mol. The fourth-order valence-electron chi connectivity index (χ4n) is 3.04. The molecule has 1 aromatic rings. The number of rotatable bonds is 15. The number of amides is 2. The summed E-state index contributed by atoms with van der Waals surface area (Å²) in [6.45, 7) is 11.2. The molecule has 0 aliphatic carbocycles. The Morgan fingerprint density at radius 2 is 1.69 bits per heavy atom. The number of sulfone groups is 1. The van der Waals surface area contributed by atoms with Crippen LogP contribution in [0.1, 0.15) is 57.6 Å². The van der Waals surface area contributed by atoms with E-state index in [1.807, 2.05) is 26.0 Å². The van der Waals surface area contributed by atoms with Crippen molar-refractivity contribution in [1.29, 1.82) is 0 Å². The molecular formula is C30H47N3O5S. The van der Waals surface area contributed by atoms with Crippen molar-refractivity contribution < 1.29 is 22.7 Å². The highest BCUT2D eigenvalue weighted by Gasteiger charge is 2.18. The van der Waals surface area contributed by atoms with Crippen molar-refractivity contribution in [2.75, 3.05) is 31.2 Å². The van der Waals surface area contributed by atoms with E-state index in [0.29, 0.717) is 32.5 Å². The van der Waals surface area contributed by atoms with Gasteiger partial charge in [-0.3, -0.25) is 4.79 Å². The van der Waals surface area contributed by atoms with Crippen LogP contribution in [0.25, 0.3) is 0 Å². The number of hydrogen-bond acceptors (Lipinski definition) is 6. The van der Waals surface area contributed by atoms with Gasteiger partial charge in [-0.05, 0) is 49.4 Å². The smallest absolute Gasteiger partial charge is 0.404 e. The van der Waals surface area contributed by atoms with E-state index >= 15 is 0 Å². The summed E-state index contributed by atoms with van der Waals surface area (Å²) < 4.78 is 28.4. The molecule has 4 N–H and O–H groups in total. The van der Waals surface area contributed by atoms with E-state index in [4.69, 9.17) is 11.5 Å². The zero-order valence-corrected chi connectivity index (χ0v) is 24.6. The lowest BCUT2D eigenvalue weighted by Gasteiger charge is -2.23. The number of ether oxygens (including phenoxy) is 1. The predicted molar refractivity (Wildman–Crippen MR) is 162 cm³/mol. The standard InChI is InChI=1S/C19H32N2O3S.C7H11NO2.2C2H2/c1-3-5-13-25(23,24)14-10-19(22)21(12-7-11-20)16-18-9-6-8-17(4-2)15-18;1-3-4-6(2)5-10-7(8)9;2*1-2/h6,8-9,15H,3-5,7,10-14,16,20H2,1-2H3;3-4H,1,5H2,2H3,(H2,8,9);2*1-2H/b;6-4+;;. The van der Waals surface area contributed by atoms with Crippen molar-refractivity contribution in [3.8, 4) is 25.7 Å². The number of terminal acetylenes is 2. The second-order valence-electron chi connectivity index (χ2n) is 8.24. The quantitative estimate of drug-likeness (QED) is 0.243. The topological polar surface area (TPSA) is 133 Å². The SMILES string of the molecule is C#C.C#C.C=C/C=C(\C)COC(N)=O.CCCCS(=O)(=O)CCC(=O)N(CCCN)Cc1cccc(CC)c1. The number of benzene rings is 1. The number of carbonyl (C=O) groups is 2. The highest BCUT2D eigenvalue weighted by atomic mass is 32.2. The normalized spacial score (nSPS) is 10.2. The third-order valence-electron chi connectivity index (χ3n) is 5.04. The van der Waals surface area contributed by atoms with Gasteiger partial charge in [0.2, 0.25) is 5.91 Å². The maximum absolute atomic E-state index is 12.5. The molecule has 0 aromatic heterocycles. The van der Waals surface area contributed by atoms with Crippen LogP contribution < -0.4 is 11.5 Å². The molecule has 0 fully saturated rings. The lowest BCUT2D eigenvalue weighted by molar-refractivity contribution is -0.131. The Kier molecular flexibility index (Phi) is 26.7. The summed E-state index contributed by atoms with van der Waals surface area (Å²) in [7, 11) is -3.15. The van der Waals surface area contributed by atoms with Crippen LogP contribution in [0.4, 0.5) is 4.79 Å². The van der Waals surface area contributed by atoms with Gasteiger partial charge in [-0.2, -0.15) is 0 Å². The molecule has 39 heavy (non-hydrogen) atoms. The van der Waals surface area contributed by atoms with Crippen LogP contribution in [0.2, 0.25) is 0 Å². The van der Waals surface area contributed by atoms with Gasteiger partial charge in [-0.1, -0.05) is 63.3 Å². The third kappa shape index (κ3) is 23.3. The number of hydrogen-bond donors (Lipinski definition) is 2. The second kappa shape index (κ2) is 26.1. The molecule has 0 spiro atoms. The van der Waals surface area contributed by atoms with Gasteiger partial charge in [-0.15, -0.1) is 25.7 Å². The summed E-state index contributed by atoms with van der Waals surface area (Å²) in [6, 6.07) is 8.16. The highest BCUT2D eigenvalue weighted by Crippen LogP contribution is 2.11. The van der Waals surface area contributed by atoms with Crippen LogP contribution in [0, 0.1) is 25.7 Å². The number of nitrogens with two attached hydrogens (primary N) is 2. The number of unbranched alkanes of at least 4 members (excludes halogenated alkanes) is 1. The van der Waals surface area contributed by atoms with Crippen LogP contribution in [0.5, 0.6) is 0 Å². The molecule has 0 atom stereocenters. The van der Waals surface area contributed by atoms with Gasteiger partial charge in [0.25, 0.3) is 0 Å². The van der Waals surface area contributed by atoms with Gasteiger partial charge in [0.15, 0.2) is 9.84 Å². The number of nitrogens with zero attached hydrogens (tertiary/aromatic N) is 1. The fourth-order valence-corrected chi connectivity index (χ4v) is 4.46. The van der Waals surface area contributed by atoms with Crippen molar-refractivity contribution >= 4 is 21.8 Å². The van der Waals surface area contributed by atoms with E-state index in [1.54, 1.807) is 17.1 Å². The molecule has 218 valence electrons. The maximum Gasteiger partial charge on any atom is 0.404 e. The Bertz CT molecular complexity index is 992. The molecule has 0 saturated heterocycles. The summed E-state index contributed by atoms with van der Waals surface area (Å²) in [5.74, 6) is -0.0200. The first-order valence-corrected chi connectivity index (χ1v) is 14.5. The maximum atomic E-state index is 12.5. The monoisotopic (exact) mass is 561 g/mol. The van der Waals surface area contributed by atoms with Gasteiger partial charge < -0.3 is 21.1 Å². The Morgan fingerprint density at radius 3 is 2.21 bits per heavy atom. The van der Waals surface area contributed by atoms with Gasteiger partial charge in [0.1, 0.15) is 6.61 Å². The van der Waals surface area contributed by atoms with E-state index in [-0.39, 0.29) is 30.4 Å². The highest BCUT2D eigenvalue weighted by molar-refractivity contribution is 7.91. The molecule has 8 nitrogen and oxygen atoms in total. The molecule has 0 aliphatic heterocycles. The van der Waals surface area contributed by atoms with Crippen LogP contribution in [-0.2, 0) is 32.3 Å². The van der Waals surface area contributed by atoms with E-state index in [2.05, 4.69) is 56.1 Å². The van der Waals surface area contributed by atoms with E-state index in [0.717, 1.165) is 24.0 Å². The molecule has 1 aromatic carbocycles. The summed E-state index contributed by atoms with van der Waals surface area (Å²) in [5.41, 5.74) is 13.5. The van der Waals surface area contributed by atoms with E-state index in [9.17, 15) is 18.0 Å². The lowest BCUT2D eigenvalue weighted by Crippen LogP contribution is -2.33. The Labute approximate surface area is 236 Å². The first-order chi connectivity index (χ1) is 18.6. The van der Waals surface area contributed by atoms with Crippen molar-refractivity contribution in [3.05, 3.63) is 59.7 Å². The van der Waals surface area contributed by atoms with Crippen molar-refractivity contribution in [2.45, 2.75) is 59.4 Å². The van der Waals surface area contributed by atoms with Gasteiger partial charge in [0, 0.05) is 19.5 Å². The average molecular weight is 562 g/mol. The largest absolute Gasteiger partial charge is 0.445 e. The van der Waals surface area contributed by atoms with Crippen LogP contribution in [0.15, 0.2) is 48.6 Å².